The molecule has 1 heterocycles. The summed E-state index contributed by atoms with van der Waals surface area (Å²) in [5.74, 6) is 0. The van der Waals surface area contributed by atoms with Crippen molar-refractivity contribution < 1.29 is 0 Å². The highest BCUT2D eigenvalue weighted by atomic mass is 32.1. The predicted octanol–water partition coefficient (Wildman–Crippen LogP) is 3.60. The normalized spacial score (nSPS) is 13.3. The van der Waals surface area contributed by atoms with Crippen molar-refractivity contribution in [1.82, 2.24) is 5.32 Å². The molecule has 0 radical (unpaired) electrons. The summed E-state index contributed by atoms with van der Waals surface area (Å²) in [6.45, 7) is 7.63. The molecule has 1 atom stereocenters. The molecule has 0 bridgehead atoms. The Morgan fingerprint density at radius 2 is 2.29 bits per heavy atom. The molecule has 0 saturated carbocycles. The molecule has 1 unspecified atom stereocenters. The van der Waals surface area contributed by atoms with Gasteiger partial charge in [-0.15, -0.1) is 0 Å². The average Bonchev–Trinajstić information content (AvgIpc) is 2.77. The van der Waals surface area contributed by atoms with E-state index in [0.29, 0.717) is 12.5 Å². The van der Waals surface area contributed by atoms with Crippen molar-refractivity contribution in [3.05, 3.63) is 22.4 Å². The fraction of sp³-hybridized carbons (Fsp3) is 0.643. The van der Waals surface area contributed by atoms with Crippen LogP contribution < -0.4 is 5.32 Å². The molecule has 17 heavy (non-hydrogen) atoms. The van der Waals surface area contributed by atoms with Gasteiger partial charge in [0.25, 0.3) is 0 Å². The Balaban J connectivity index is 2.27. The summed E-state index contributed by atoms with van der Waals surface area (Å²) in [6, 6.07) is 4.90. The van der Waals surface area contributed by atoms with Crippen LogP contribution in [-0.4, -0.2) is 12.6 Å². The molecular formula is C14H22N2S. The van der Waals surface area contributed by atoms with E-state index in [1.165, 1.54) is 5.56 Å². The molecule has 0 spiro atoms. The van der Waals surface area contributed by atoms with Gasteiger partial charge in [0.2, 0.25) is 0 Å². The van der Waals surface area contributed by atoms with Gasteiger partial charge in [-0.1, -0.05) is 13.8 Å². The summed E-state index contributed by atoms with van der Waals surface area (Å²) < 4.78 is 0. The molecule has 0 saturated heterocycles. The van der Waals surface area contributed by atoms with Gasteiger partial charge in [0, 0.05) is 19.0 Å². The lowest BCUT2D eigenvalue weighted by atomic mass is 9.87. The van der Waals surface area contributed by atoms with Crippen molar-refractivity contribution >= 4 is 11.3 Å². The second kappa shape index (κ2) is 6.78. The number of hydrogen-bond acceptors (Lipinski definition) is 3. The van der Waals surface area contributed by atoms with Crippen molar-refractivity contribution in [2.24, 2.45) is 5.41 Å². The number of nitrogens with one attached hydrogen (secondary N) is 1. The van der Waals surface area contributed by atoms with Crippen LogP contribution >= 0.6 is 11.3 Å². The second-order valence-corrected chi connectivity index (χ2v) is 6.22. The smallest absolute Gasteiger partial charge is 0.0621 e. The van der Waals surface area contributed by atoms with E-state index in [-0.39, 0.29) is 5.41 Å². The zero-order valence-corrected chi connectivity index (χ0v) is 11.8. The van der Waals surface area contributed by atoms with Gasteiger partial charge in [-0.2, -0.15) is 16.6 Å². The molecule has 94 valence electrons. The summed E-state index contributed by atoms with van der Waals surface area (Å²) in [7, 11) is 0. The van der Waals surface area contributed by atoms with Crippen molar-refractivity contribution in [2.75, 3.05) is 6.54 Å². The monoisotopic (exact) mass is 250 g/mol. The maximum Gasteiger partial charge on any atom is 0.0621 e. The highest BCUT2D eigenvalue weighted by Crippen LogP contribution is 2.21. The van der Waals surface area contributed by atoms with Crippen molar-refractivity contribution in [3.63, 3.8) is 0 Å². The zero-order valence-electron chi connectivity index (χ0n) is 11.0. The number of thiophene rings is 1. The van der Waals surface area contributed by atoms with Gasteiger partial charge in [0.1, 0.15) is 0 Å². The summed E-state index contributed by atoms with van der Waals surface area (Å²) in [5.41, 5.74) is 1.61. The first kappa shape index (κ1) is 14.2. The van der Waals surface area contributed by atoms with Crippen LogP contribution in [0.4, 0.5) is 0 Å². The van der Waals surface area contributed by atoms with E-state index in [1.54, 1.807) is 11.3 Å². The highest BCUT2D eigenvalue weighted by Gasteiger charge is 2.18. The van der Waals surface area contributed by atoms with Crippen molar-refractivity contribution in [1.29, 1.82) is 5.26 Å². The lowest BCUT2D eigenvalue weighted by Gasteiger charge is -2.26. The Bertz CT molecular complexity index is 349. The number of hydrogen-bond donors (Lipinski definition) is 1. The van der Waals surface area contributed by atoms with Crippen LogP contribution in [-0.2, 0) is 6.42 Å². The lowest BCUT2D eigenvalue weighted by molar-refractivity contribution is 0.303. The topological polar surface area (TPSA) is 35.8 Å². The van der Waals surface area contributed by atoms with Gasteiger partial charge in [0.15, 0.2) is 0 Å². The second-order valence-electron chi connectivity index (χ2n) is 5.44. The van der Waals surface area contributed by atoms with Gasteiger partial charge < -0.3 is 5.32 Å². The number of nitrogens with zero attached hydrogens (tertiary/aromatic N) is 1. The van der Waals surface area contributed by atoms with Gasteiger partial charge in [-0.3, -0.25) is 0 Å². The molecule has 0 amide bonds. The average molecular weight is 250 g/mol. The van der Waals surface area contributed by atoms with E-state index in [2.05, 4.69) is 49.0 Å². The molecule has 0 aromatic carbocycles. The standard InChI is InChI=1S/C14H22N2S/c1-12(9-13-5-8-17-10-13)16-11-14(2,3)6-4-7-15/h5,8,10,12,16H,4,6,9,11H2,1-3H3. The third-order valence-electron chi connectivity index (χ3n) is 2.96. The molecule has 1 aromatic rings. The molecule has 1 aromatic heterocycles. The van der Waals surface area contributed by atoms with E-state index in [9.17, 15) is 0 Å². The summed E-state index contributed by atoms with van der Waals surface area (Å²) in [5, 5.41) is 16.5. The van der Waals surface area contributed by atoms with Gasteiger partial charge >= 0.3 is 0 Å². The van der Waals surface area contributed by atoms with E-state index < -0.39 is 0 Å². The van der Waals surface area contributed by atoms with Crippen molar-refractivity contribution in [2.45, 2.75) is 46.1 Å². The van der Waals surface area contributed by atoms with Crippen LogP contribution in [0.2, 0.25) is 0 Å². The molecule has 1 rings (SSSR count). The Labute approximate surface area is 109 Å². The van der Waals surface area contributed by atoms with Crippen LogP contribution in [0.3, 0.4) is 0 Å². The lowest BCUT2D eigenvalue weighted by Crippen LogP contribution is -2.36. The van der Waals surface area contributed by atoms with Crippen LogP contribution in [0.1, 0.15) is 39.2 Å². The Kier molecular flexibility index (Phi) is 5.67. The SMILES string of the molecule is CC(Cc1ccsc1)NCC(C)(C)CCC#N. The minimum atomic E-state index is 0.207. The van der Waals surface area contributed by atoms with Crippen molar-refractivity contribution in [3.8, 4) is 6.07 Å². The molecule has 2 nitrogen and oxygen atoms in total. The van der Waals surface area contributed by atoms with E-state index in [4.69, 9.17) is 5.26 Å². The van der Waals surface area contributed by atoms with Gasteiger partial charge in [0.05, 0.1) is 6.07 Å². The summed E-state index contributed by atoms with van der Waals surface area (Å²) in [6.07, 6.45) is 2.69. The maximum atomic E-state index is 8.61. The highest BCUT2D eigenvalue weighted by molar-refractivity contribution is 7.07. The van der Waals surface area contributed by atoms with E-state index >= 15 is 0 Å². The molecule has 0 aliphatic carbocycles. The quantitative estimate of drug-likeness (QED) is 0.802. The minimum absolute atomic E-state index is 0.207. The molecule has 3 heteroatoms. The Morgan fingerprint density at radius 3 is 2.88 bits per heavy atom. The first-order valence-electron chi connectivity index (χ1n) is 6.15. The van der Waals surface area contributed by atoms with E-state index in [1.807, 2.05) is 0 Å². The molecule has 0 aliphatic rings. The number of nitriles is 1. The Morgan fingerprint density at radius 1 is 1.53 bits per heavy atom. The third kappa shape index (κ3) is 5.86. The first-order chi connectivity index (χ1) is 8.03. The zero-order chi connectivity index (χ0) is 12.7. The fourth-order valence-corrected chi connectivity index (χ4v) is 2.45. The first-order valence-corrected chi connectivity index (χ1v) is 7.09. The van der Waals surface area contributed by atoms with Crippen LogP contribution in [0, 0.1) is 16.7 Å². The predicted molar refractivity (Wildman–Crippen MR) is 74.1 cm³/mol. The third-order valence-corrected chi connectivity index (χ3v) is 3.70. The van der Waals surface area contributed by atoms with E-state index in [0.717, 1.165) is 19.4 Å². The van der Waals surface area contributed by atoms with Crippen LogP contribution in [0.25, 0.3) is 0 Å². The van der Waals surface area contributed by atoms with Gasteiger partial charge in [-0.25, -0.2) is 0 Å². The maximum absolute atomic E-state index is 8.61. The summed E-state index contributed by atoms with van der Waals surface area (Å²) >= 11 is 1.75. The summed E-state index contributed by atoms with van der Waals surface area (Å²) in [4.78, 5) is 0. The fourth-order valence-electron chi connectivity index (χ4n) is 1.77. The minimum Gasteiger partial charge on any atom is -0.313 e. The molecule has 0 fully saturated rings. The Hall–Kier alpha value is -0.850. The largest absolute Gasteiger partial charge is 0.313 e. The van der Waals surface area contributed by atoms with Crippen LogP contribution in [0.5, 0.6) is 0 Å². The van der Waals surface area contributed by atoms with Crippen LogP contribution in [0.15, 0.2) is 16.8 Å². The molecule has 0 aliphatic heterocycles. The molecular weight excluding hydrogens is 228 g/mol. The van der Waals surface area contributed by atoms with Gasteiger partial charge in [-0.05, 0) is 47.6 Å². The molecule has 1 N–H and O–H groups in total. The number of rotatable bonds is 7.